The van der Waals surface area contributed by atoms with E-state index in [1.807, 2.05) is 35.0 Å². The average Bonchev–Trinajstić information content (AvgIpc) is 2.72. The normalized spacial score (nSPS) is 10.0. The first-order valence-corrected chi connectivity index (χ1v) is 4.97. The van der Waals surface area contributed by atoms with Gasteiger partial charge in [0.05, 0.1) is 6.33 Å². The average molecular weight is 205 g/mol. The molecule has 0 fully saturated rings. The maximum absolute atomic E-state index is 10.5. The monoisotopic (exact) mass is 205 g/mol. The van der Waals surface area contributed by atoms with Crippen LogP contribution in [0.3, 0.4) is 0 Å². The van der Waals surface area contributed by atoms with Crippen LogP contribution in [0.4, 0.5) is 0 Å². The van der Waals surface area contributed by atoms with Crippen molar-refractivity contribution >= 4 is 11.7 Å². The number of aromatic nitrogens is 2. The number of rotatable bonds is 3. The molecule has 0 saturated heterocycles. The van der Waals surface area contributed by atoms with Crippen molar-refractivity contribution in [2.24, 2.45) is 0 Å². The van der Waals surface area contributed by atoms with Crippen LogP contribution in [0.5, 0.6) is 0 Å². The van der Waals surface area contributed by atoms with Crippen LogP contribution in [-0.4, -0.2) is 9.55 Å². The van der Waals surface area contributed by atoms with Crippen LogP contribution in [0.25, 0.3) is 0 Å². The fourth-order valence-electron chi connectivity index (χ4n) is 1.24. The molecule has 70 valence electrons. The van der Waals surface area contributed by atoms with Gasteiger partial charge < -0.3 is 4.57 Å². The minimum absolute atomic E-state index is 0.516. The van der Waals surface area contributed by atoms with E-state index in [2.05, 4.69) is 4.98 Å². The van der Waals surface area contributed by atoms with E-state index < -0.39 is 0 Å². The molecule has 0 N–H and O–H groups in total. The van der Waals surface area contributed by atoms with E-state index in [4.69, 9.17) is 0 Å². The summed E-state index contributed by atoms with van der Waals surface area (Å²) in [6, 6.07) is 7.59. The van der Waals surface area contributed by atoms with Crippen molar-refractivity contribution in [2.75, 3.05) is 0 Å². The van der Waals surface area contributed by atoms with E-state index in [0.29, 0.717) is 11.7 Å². The molecule has 14 heavy (non-hydrogen) atoms. The van der Waals surface area contributed by atoms with E-state index in [0.717, 1.165) is 11.4 Å². The molecule has 1 aromatic heterocycles. The Morgan fingerprint density at radius 1 is 1.29 bits per heavy atom. The van der Waals surface area contributed by atoms with Gasteiger partial charge in [0.2, 0.25) is 0 Å². The third-order valence-corrected chi connectivity index (χ3v) is 2.41. The van der Waals surface area contributed by atoms with Crippen molar-refractivity contribution in [1.82, 2.24) is 9.55 Å². The molecule has 0 unspecified atom stereocenters. The first-order valence-electron chi connectivity index (χ1n) is 4.23. The SMILES string of the molecule is O=[S+]c1ccc(Cn2ccnc2)cc1. The predicted octanol–water partition coefficient (Wildman–Crippen LogP) is 1.72. The molecule has 4 heteroatoms. The molecule has 0 aliphatic heterocycles. The molecule has 0 saturated carbocycles. The lowest BCUT2D eigenvalue weighted by molar-refractivity contribution is 0.605. The summed E-state index contributed by atoms with van der Waals surface area (Å²) in [5.74, 6) is 0. The van der Waals surface area contributed by atoms with Crippen molar-refractivity contribution in [3.63, 3.8) is 0 Å². The van der Waals surface area contributed by atoms with Gasteiger partial charge in [-0.2, -0.15) is 0 Å². The third-order valence-electron chi connectivity index (χ3n) is 1.94. The Bertz CT molecular complexity index is 408. The zero-order valence-electron chi connectivity index (χ0n) is 7.46. The van der Waals surface area contributed by atoms with Crippen molar-refractivity contribution < 1.29 is 4.21 Å². The van der Waals surface area contributed by atoms with Crippen molar-refractivity contribution in [1.29, 1.82) is 0 Å². The van der Waals surface area contributed by atoms with Crippen LogP contribution >= 0.6 is 0 Å². The van der Waals surface area contributed by atoms with Crippen molar-refractivity contribution in [2.45, 2.75) is 11.4 Å². The first-order chi connectivity index (χ1) is 6.88. The Morgan fingerprint density at radius 3 is 2.64 bits per heavy atom. The molecule has 1 aromatic carbocycles. The number of imidazole rings is 1. The Labute approximate surface area is 85.9 Å². The molecule has 0 radical (unpaired) electrons. The van der Waals surface area contributed by atoms with Gasteiger partial charge >= 0.3 is 11.7 Å². The number of hydrogen-bond donors (Lipinski definition) is 0. The molecule has 0 amide bonds. The first kappa shape index (κ1) is 9.02. The zero-order chi connectivity index (χ0) is 9.80. The van der Waals surface area contributed by atoms with Crippen LogP contribution in [0.15, 0.2) is 47.9 Å². The summed E-state index contributed by atoms with van der Waals surface area (Å²) in [5, 5.41) is 0. The van der Waals surface area contributed by atoms with Crippen LogP contribution in [0.1, 0.15) is 5.56 Å². The molecular weight excluding hydrogens is 196 g/mol. The lowest BCUT2D eigenvalue weighted by Crippen LogP contribution is -1.95. The van der Waals surface area contributed by atoms with Gasteiger partial charge in [-0.25, -0.2) is 4.98 Å². The van der Waals surface area contributed by atoms with Crippen LogP contribution in [0.2, 0.25) is 0 Å². The summed E-state index contributed by atoms with van der Waals surface area (Å²) in [7, 11) is 0. The number of nitrogens with zero attached hydrogens (tertiary/aromatic N) is 2. The van der Waals surface area contributed by atoms with Gasteiger partial charge in [-0.3, -0.25) is 0 Å². The third kappa shape index (κ3) is 2.03. The Hall–Kier alpha value is -1.55. The second-order valence-electron chi connectivity index (χ2n) is 2.96. The Morgan fingerprint density at radius 2 is 2.07 bits per heavy atom. The van der Waals surface area contributed by atoms with Gasteiger partial charge in [-0.05, 0) is 5.56 Å². The van der Waals surface area contributed by atoms with Crippen LogP contribution < -0.4 is 0 Å². The summed E-state index contributed by atoms with van der Waals surface area (Å²) in [5.41, 5.74) is 1.17. The smallest absolute Gasteiger partial charge is 0.333 e. The number of hydrogen-bond acceptors (Lipinski definition) is 2. The summed E-state index contributed by atoms with van der Waals surface area (Å²) >= 11 is 0.516. The van der Waals surface area contributed by atoms with Gasteiger partial charge in [0.15, 0.2) is 0 Å². The van der Waals surface area contributed by atoms with E-state index in [1.54, 1.807) is 12.5 Å². The van der Waals surface area contributed by atoms with Gasteiger partial charge in [-0.15, -0.1) is 0 Å². The molecule has 2 rings (SSSR count). The highest BCUT2D eigenvalue weighted by atomic mass is 32.1. The van der Waals surface area contributed by atoms with E-state index >= 15 is 0 Å². The highest BCUT2D eigenvalue weighted by Gasteiger charge is 2.04. The zero-order valence-corrected chi connectivity index (χ0v) is 8.28. The number of benzene rings is 1. The molecule has 3 nitrogen and oxygen atoms in total. The molecule has 0 atom stereocenters. The van der Waals surface area contributed by atoms with Crippen LogP contribution in [0, 0.1) is 0 Å². The topological polar surface area (TPSA) is 34.9 Å². The highest BCUT2D eigenvalue weighted by molar-refractivity contribution is 7.65. The Balaban J connectivity index is 2.14. The second-order valence-corrected chi connectivity index (χ2v) is 3.60. The molecular formula is C10H9N2OS+. The lowest BCUT2D eigenvalue weighted by atomic mass is 10.2. The fraction of sp³-hybridized carbons (Fsp3) is 0.100. The van der Waals surface area contributed by atoms with Crippen LogP contribution in [-0.2, 0) is 22.4 Å². The van der Waals surface area contributed by atoms with Crippen molar-refractivity contribution in [3.05, 3.63) is 48.5 Å². The van der Waals surface area contributed by atoms with Gasteiger partial charge in [0.25, 0.3) is 4.90 Å². The standard InChI is InChI=1S/C10H9N2OS/c13-14-10-3-1-9(2-4-10)7-12-6-5-11-8-12/h1-6,8H,7H2/q+1. The summed E-state index contributed by atoms with van der Waals surface area (Å²) in [6.07, 6.45) is 5.44. The van der Waals surface area contributed by atoms with E-state index in [9.17, 15) is 4.21 Å². The van der Waals surface area contributed by atoms with E-state index in [1.165, 1.54) is 5.56 Å². The highest BCUT2D eigenvalue weighted by Crippen LogP contribution is 2.06. The fourth-order valence-corrected chi connectivity index (χ4v) is 1.49. The summed E-state index contributed by atoms with van der Waals surface area (Å²) in [6.45, 7) is 0.795. The maximum atomic E-state index is 10.5. The second kappa shape index (κ2) is 4.11. The quantitative estimate of drug-likeness (QED) is 0.715. The molecule has 0 aliphatic rings. The maximum Gasteiger partial charge on any atom is 0.505 e. The van der Waals surface area contributed by atoms with Gasteiger partial charge in [0, 0.05) is 35.3 Å². The molecule has 1 heterocycles. The summed E-state index contributed by atoms with van der Waals surface area (Å²) < 4.78 is 12.4. The predicted molar refractivity (Wildman–Crippen MR) is 54.1 cm³/mol. The molecule has 0 aliphatic carbocycles. The molecule has 0 spiro atoms. The van der Waals surface area contributed by atoms with E-state index in [-0.39, 0.29) is 0 Å². The molecule has 2 aromatic rings. The Kier molecular flexibility index (Phi) is 2.65. The van der Waals surface area contributed by atoms with Crippen molar-refractivity contribution in [3.8, 4) is 0 Å². The lowest BCUT2D eigenvalue weighted by Gasteiger charge is -2.00. The minimum atomic E-state index is 0.516. The largest absolute Gasteiger partial charge is 0.505 e. The minimum Gasteiger partial charge on any atom is -0.333 e. The molecule has 0 bridgehead atoms. The summed E-state index contributed by atoms with van der Waals surface area (Å²) in [4.78, 5) is 4.71. The van der Waals surface area contributed by atoms with Gasteiger partial charge in [-0.1, -0.05) is 12.1 Å². The van der Waals surface area contributed by atoms with Gasteiger partial charge in [0.1, 0.15) is 0 Å².